The Labute approximate surface area is 156 Å². The van der Waals surface area contributed by atoms with Gasteiger partial charge in [-0.25, -0.2) is 0 Å². The minimum absolute atomic E-state index is 0.589. The molecule has 0 aliphatic carbocycles. The summed E-state index contributed by atoms with van der Waals surface area (Å²) in [5.41, 5.74) is 5.09. The lowest BCUT2D eigenvalue weighted by atomic mass is 10.1. The number of ether oxygens (including phenoxy) is 1. The summed E-state index contributed by atoms with van der Waals surface area (Å²) in [5, 5.41) is 1.18. The van der Waals surface area contributed by atoms with Crippen molar-refractivity contribution in [1.82, 2.24) is 4.57 Å². The summed E-state index contributed by atoms with van der Waals surface area (Å²) in [6, 6.07) is 18.9. The average Bonchev–Trinajstić information content (AvgIpc) is 3.00. The van der Waals surface area contributed by atoms with E-state index in [1.54, 1.807) is 0 Å². The van der Waals surface area contributed by atoms with Gasteiger partial charge >= 0.3 is 0 Å². The Morgan fingerprint density at radius 3 is 2.62 bits per heavy atom. The summed E-state index contributed by atoms with van der Waals surface area (Å²) in [7, 11) is 0. The zero-order chi connectivity index (χ0) is 18.4. The maximum Gasteiger partial charge on any atom is 0.129 e. The van der Waals surface area contributed by atoms with Crippen molar-refractivity contribution in [3.63, 3.8) is 0 Å². The zero-order valence-corrected chi connectivity index (χ0v) is 15.9. The van der Waals surface area contributed by atoms with Gasteiger partial charge in [0.2, 0.25) is 0 Å². The van der Waals surface area contributed by atoms with Crippen LogP contribution in [0.5, 0.6) is 5.75 Å². The summed E-state index contributed by atoms with van der Waals surface area (Å²) in [4.78, 5) is 0. The Kier molecular flexibility index (Phi) is 5.96. The SMILES string of the molecule is C/C=C\C=C(/CC)Cn1c(C)cc2c(OCc3ccccc3)cccc21. The molecule has 0 amide bonds. The lowest BCUT2D eigenvalue weighted by Crippen LogP contribution is -2.02. The molecule has 2 nitrogen and oxygen atoms in total. The number of hydrogen-bond acceptors (Lipinski definition) is 1. The Hall–Kier alpha value is -2.74. The van der Waals surface area contributed by atoms with Gasteiger partial charge in [-0.15, -0.1) is 0 Å². The number of nitrogens with zero attached hydrogens (tertiary/aromatic N) is 1. The number of hydrogen-bond donors (Lipinski definition) is 0. The number of rotatable bonds is 7. The van der Waals surface area contributed by atoms with Gasteiger partial charge in [0.05, 0.1) is 5.52 Å². The lowest BCUT2D eigenvalue weighted by Gasteiger charge is -2.12. The van der Waals surface area contributed by atoms with Crippen LogP contribution in [0.1, 0.15) is 31.5 Å². The third-order valence-corrected chi connectivity index (χ3v) is 4.69. The summed E-state index contributed by atoms with van der Waals surface area (Å²) in [6.45, 7) is 7.94. The largest absolute Gasteiger partial charge is 0.488 e. The molecule has 3 rings (SSSR count). The molecule has 3 aromatic rings. The molecular weight excluding hydrogens is 318 g/mol. The number of allylic oxidation sites excluding steroid dienone is 4. The molecule has 0 fully saturated rings. The van der Waals surface area contributed by atoms with Gasteiger partial charge < -0.3 is 9.30 Å². The fraction of sp³-hybridized carbons (Fsp3) is 0.250. The van der Waals surface area contributed by atoms with Crippen molar-refractivity contribution in [3.05, 3.63) is 89.7 Å². The van der Waals surface area contributed by atoms with E-state index in [0.29, 0.717) is 6.61 Å². The van der Waals surface area contributed by atoms with E-state index in [4.69, 9.17) is 4.74 Å². The van der Waals surface area contributed by atoms with Crippen molar-refractivity contribution >= 4 is 10.9 Å². The van der Waals surface area contributed by atoms with Gasteiger partial charge in [0.25, 0.3) is 0 Å². The van der Waals surface area contributed by atoms with Crippen LogP contribution in [0.25, 0.3) is 10.9 Å². The van der Waals surface area contributed by atoms with Crippen LogP contribution < -0.4 is 4.74 Å². The van der Waals surface area contributed by atoms with Gasteiger partial charge in [-0.3, -0.25) is 0 Å². The molecule has 0 radical (unpaired) electrons. The Morgan fingerprint density at radius 2 is 1.88 bits per heavy atom. The van der Waals surface area contributed by atoms with E-state index in [9.17, 15) is 0 Å². The molecule has 0 unspecified atom stereocenters. The highest BCUT2D eigenvalue weighted by molar-refractivity contribution is 5.87. The molecule has 0 bridgehead atoms. The van der Waals surface area contributed by atoms with Crippen molar-refractivity contribution < 1.29 is 4.74 Å². The average molecular weight is 345 g/mol. The first-order valence-corrected chi connectivity index (χ1v) is 9.29. The molecule has 0 spiro atoms. The first-order valence-electron chi connectivity index (χ1n) is 9.29. The summed E-state index contributed by atoms with van der Waals surface area (Å²) in [5.74, 6) is 0.948. The zero-order valence-electron chi connectivity index (χ0n) is 15.9. The van der Waals surface area contributed by atoms with E-state index in [1.165, 1.54) is 27.7 Å². The molecule has 0 atom stereocenters. The highest BCUT2D eigenvalue weighted by atomic mass is 16.5. The fourth-order valence-corrected chi connectivity index (χ4v) is 3.18. The van der Waals surface area contributed by atoms with Gasteiger partial charge in [-0.1, -0.05) is 67.1 Å². The van der Waals surface area contributed by atoms with Crippen LogP contribution in [0.15, 0.2) is 78.4 Å². The van der Waals surface area contributed by atoms with E-state index < -0.39 is 0 Å². The van der Waals surface area contributed by atoms with Crippen molar-refractivity contribution in [2.24, 2.45) is 0 Å². The Morgan fingerprint density at radius 1 is 1.08 bits per heavy atom. The summed E-state index contributed by atoms with van der Waals surface area (Å²) < 4.78 is 8.51. The molecule has 0 N–H and O–H groups in total. The van der Waals surface area contributed by atoms with Crippen molar-refractivity contribution in [1.29, 1.82) is 0 Å². The third-order valence-electron chi connectivity index (χ3n) is 4.69. The maximum atomic E-state index is 6.13. The van der Waals surface area contributed by atoms with Crippen molar-refractivity contribution in [2.75, 3.05) is 0 Å². The number of aryl methyl sites for hydroxylation is 1. The van der Waals surface area contributed by atoms with E-state index in [2.05, 4.69) is 80.0 Å². The second-order valence-corrected chi connectivity index (χ2v) is 6.54. The lowest BCUT2D eigenvalue weighted by molar-refractivity contribution is 0.310. The van der Waals surface area contributed by atoms with Crippen molar-refractivity contribution in [2.45, 2.75) is 40.3 Å². The highest BCUT2D eigenvalue weighted by Crippen LogP contribution is 2.30. The molecular formula is C24H27NO. The second-order valence-electron chi connectivity index (χ2n) is 6.54. The van der Waals surface area contributed by atoms with Crippen LogP contribution in [0.2, 0.25) is 0 Å². The summed E-state index contributed by atoms with van der Waals surface area (Å²) in [6.07, 6.45) is 7.47. The van der Waals surface area contributed by atoms with Crippen molar-refractivity contribution in [3.8, 4) is 5.75 Å². The molecule has 0 saturated carbocycles. The van der Waals surface area contributed by atoms with E-state index in [0.717, 1.165) is 18.7 Å². The van der Waals surface area contributed by atoms with Crippen LogP contribution in [-0.2, 0) is 13.2 Å². The topological polar surface area (TPSA) is 14.2 Å². The standard InChI is InChI=1S/C24H27NO/c1-4-6-11-20(5-2)17-25-19(3)16-22-23(25)14-10-15-24(22)26-18-21-12-8-7-9-13-21/h4,6-16H,5,17-18H2,1-3H3/b6-4-,20-11+. The van der Waals surface area contributed by atoms with Gasteiger partial charge in [-0.05, 0) is 44.0 Å². The second kappa shape index (κ2) is 8.57. The number of benzene rings is 2. The minimum atomic E-state index is 0.589. The smallest absolute Gasteiger partial charge is 0.129 e. The Balaban J connectivity index is 1.89. The van der Waals surface area contributed by atoms with Crippen LogP contribution in [0.4, 0.5) is 0 Å². The molecule has 2 aromatic carbocycles. The molecule has 0 saturated heterocycles. The quantitative estimate of drug-likeness (QED) is 0.449. The third kappa shape index (κ3) is 4.08. The highest BCUT2D eigenvalue weighted by Gasteiger charge is 2.11. The molecule has 134 valence electrons. The van der Waals surface area contributed by atoms with Crippen LogP contribution in [-0.4, -0.2) is 4.57 Å². The number of fused-ring (bicyclic) bond motifs is 1. The predicted molar refractivity (Wildman–Crippen MR) is 111 cm³/mol. The Bertz CT molecular complexity index is 916. The van der Waals surface area contributed by atoms with Gasteiger partial charge in [0, 0.05) is 17.6 Å². The first-order chi connectivity index (χ1) is 12.7. The molecule has 1 aromatic heterocycles. The molecule has 1 heterocycles. The monoisotopic (exact) mass is 345 g/mol. The van der Waals surface area contributed by atoms with Gasteiger partial charge in [0.1, 0.15) is 12.4 Å². The maximum absolute atomic E-state index is 6.13. The first kappa shape index (κ1) is 18.1. The molecule has 0 aliphatic heterocycles. The van der Waals surface area contributed by atoms with Gasteiger partial charge in [0.15, 0.2) is 0 Å². The molecule has 0 aliphatic rings. The van der Waals surface area contributed by atoms with Gasteiger partial charge in [-0.2, -0.15) is 0 Å². The van der Waals surface area contributed by atoms with Crippen LogP contribution >= 0.6 is 0 Å². The van der Waals surface area contributed by atoms with E-state index in [-0.39, 0.29) is 0 Å². The molecule has 2 heteroatoms. The van der Waals surface area contributed by atoms with Crippen LogP contribution in [0.3, 0.4) is 0 Å². The van der Waals surface area contributed by atoms with E-state index in [1.807, 2.05) is 18.2 Å². The van der Waals surface area contributed by atoms with E-state index >= 15 is 0 Å². The normalized spacial score (nSPS) is 12.2. The molecule has 26 heavy (non-hydrogen) atoms. The predicted octanol–water partition coefficient (Wildman–Crippen LogP) is 6.44. The summed E-state index contributed by atoms with van der Waals surface area (Å²) >= 11 is 0. The van der Waals surface area contributed by atoms with Crippen LogP contribution in [0, 0.1) is 6.92 Å². The number of aromatic nitrogens is 1. The minimum Gasteiger partial charge on any atom is -0.488 e. The fourth-order valence-electron chi connectivity index (χ4n) is 3.18.